The summed E-state index contributed by atoms with van der Waals surface area (Å²) in [6.07, 6.45) is 0. The Morgan fingerprint density at radius 3 is 2.67 bits per heavy atom. The molecule has 27 heavy (non-hydrogen) atoms. The molecular weight excluding hydrogens is 340 g/mol. The number of aromatic amines is 3. The van der Waals surface area contributed by atoms with Crippen molar-refractivity contribution < 1.29 is 4.98 Å². The van der Waals surface area contributed by atoms with Crippen LogP contribution in [0.2, 0.25) is 0 Å². The predicted octanol–water partition coefficient (Wildman–Crippen LogP) is 1.59. The maximum absolute atomic E-state index is 12.5. The summed E-state index contributed by atoms with van der Waals surface area (Å²) in [4.78, 5) is 31.5. The van der Waals surface area contributed by atoms with E-state index in [4.69, 9.17) is 0 Å². The summed E-state index contributed by atoms with van der Waals surface area (Å²) in [7, 11) is 2.14. The van der Waals surface area contributed by atoms with Gasteiger partial charge in [-0.25, -0.2) is 4.98 Å². The first-order valence-electron chi connectivity index (χ1n) is 9.16. The van der Waals surface area contributed by atoms with Crippen molar-refractivity contribution in [3.8, 4) is 22.6 Å². The highest BCUT2D eigenvalue weighted by Crippen LogP contribution is 2.28. The van der Waals surface area contributed by atoms with Crippen LogP contribution in [0.25, 0.3) is 33.8 Å². The largest absolute Gasteiger partial charge is 0.321 e. The number of nitrogens with one attached hydrogen (secondary N) is 3. The summed E-state index contributed by atoms with van der Waals surface area (Å²) in [5.41, 5.74) is 3.76. The Kier molecular flexibility index (Phi) is 3.68. The Morgan fingerprint density at radius 2 is 1.81 bits per heavy atom. The summed E-state index contributed by atoms with van der Waals surface area (Å²) < 4.78 is 0. The van der Waals surface area contributed by atoms with Crippen molar-refractivity contribution in [3.63, 3.8) is 0 Å². The SMILES string of the molecule is CN1CCN(c2ccc3[nH]c(-c4c5cccccc-5[nH]c4=O)nc3[nH+]2)CC1. The first-order chi connectivity index (χ1) is 13.2. The number of aromatic nitrogens is 4. The molecule has 7 nitrogen and oxygen atoms in total. The molecule has 5 rings (SSSR count). The Morgan fingerprint density at radius 1 is 1.00 bits per heavy atom. The lowest BCUT2D eigenvalue weighted by atomic mass is 10.1. The Bertz CT molecular complexity index is 1140. The highest BCUT2D eigenvalue weighted by molar-refractivity contribution is 5.83. The zero-order valence-corrected chi connectivity index (χ0v) is 15.1. The fraction of sp³-hybridized carbons (Fsp3) is 0.250. The van der Waals surface area contributed by atoms with Crippen molar-refractivity contribution in [3.05, 3.63) is 52.8 Å². The van der Waals surface area contributed by atoms with Gasteiger partial charge >= 0.3 is 0 Å². The number of hydrogen-bond donors (Lipinski definition) is 2. The molecule has 0 saturated carbocycles. The molecule has 3 aliphatic rings. The minimum atomic E-state index is -0.130. The first-order valence-corrected chi connectivity index (χ1v) is 9.16. The molecule has 136 valence electrons. The molecule has 1 aliphatic carbocycles. The lowest BCUT2D eigenvalue weighted by Crippen LogP contribution is -2.46. The van der Waals surface area contributed by atoms with Gasteiger partial charge in [-0.1, -0.05) is 29.2 Å². The summed E-state index contributed by atoms with van der Waals surface area (Å²) in [5.74, 6) is 1.64. The Hall–Kier alpha value is -3.19. The molecule has 0 spiro atoms. The van der Waals surface area contributed by atoms with Crippen molar-refractivity contribution in [1.29, 1.82) is 0 Å². The molecule has 1 saturated heterocycles. The van der Waals surface area contributed by atoms with Crippen LogP contribution in [0.3, 0.4) is 0 Å². The van der Waals surface area contributed by atoms with E-state index in [1.54, 1.807) is 0 Å². The van der Waals surface area contributed by atoms with Crippen molar-refractivity contribution in [1.82, 2.24) is 19.9 Å². The van der Waals surface area contributed by atoms with Crippen LogP contribution in [0.5, 0.6) is 0 Å². The molecule has 0 atom stereocenters. The van der Waals surface area contributed by atoms with Gasteiger partial charge < -0.3 is 14.9 Å². The smallest absolute Gasteiger partial charge is 0.286 e. The summed E-state index contributed by atoms with van der Waals surface area (Å²) in [6.45, 7) is 4.06. The average Bonchev–Trinajstić information content (AvgIpc) is 3.13. The van der Waals surface area contributed by atoms with E-state index in [9.17, 15) is 4.79 Å². The number of fused-ring (bicyclic) bond motifs is 2. The molecule has 0 aromatic carbocycles. The van der Waals surface area contributed by atoms with Gasteiger partial charge in [0.25, 0.3) is 11.2 Å². The Balaban J connectivity index is 1.57. The van der Waals surface area contributed by atoms with E-state index in [1.165, 1.54) is 0 Å². The zero-order chi connectivity index (χ0) is 18.4. The van der Waals surface area contributed by atoms with Gasteiger partial charge in [-0.15, -0.1) is 0 Å². The van der Waals surface area contributed by atoms with Crippen molar-refractivity contribution >= 4 is 17.0 Å². The van der Waals surface area contributed by atoms with Gasteiger partial charge in [-0.2, -0.15) is 0 Å². The normalized spacial score (nSPS) is 15.7. The van der Waals surface area contributed by atoms with Gasteiger partial charge in [0.15, 0.2) is 0 Å². The number of rotatable bonds is 2. The third kappa shape index (κ3) is 2.76. The lowest BCUT2D eigenvalue weighted by molar-refractivity contribution is -0.333. The maximum atomic E-state index is 12.5. The van der Waals surface area contributed by atoms with Crippen molar-refractivity contribution in [2.24, 2.45) is 0 Å². The second kappa shape index (κ2) is 6.21. The number of imidazole rings is 1. The fourth-order valence-electron chi connectivity index (χ4n) is 3.69. The lowest BCUT2D eigenvalue weighted by Gasteiger charge is -2.29. The molecule has 2 aromatic heterocycles. The maximum Gasteiger partial charge on any atom is 0.286 e. The van der Waals surface area contributed by atoms with Crippen LogP contribution in [-0.2, 0) is 0 Å². The number of anilines is 1. The van der Waals surface area contributed by atoms with Crippen molar-refractivity contribution in [2.45, 2.75) is 0 Å². The quantitative estimate of drug-likeness (QED) is 0.568. The van der Waals surface area contributed by atoms with Gasteiger partial charge in [-0.05, 0) is 19.2 Å². The van der Waals surface area contributed by atoms with Crippen LogP contribution in [0, 0.1) is 0 Å². The number of nitrogens with zero attached hydrogens (tertiary/aromatic N) is 3. The molecule has 0 unspecified atom stereocenters. The molecule has 2 aliphatic heterocycles. The molecule has 3 N–H and O–H groups in total. The molecule has 4 heterocycles. The number of likely N-dealkylation sites (N-methyl/N-ethyl adjacent to an activating group) is 1. The van der Waals surface area contributed by atoms with Crippen molar-refractivity contribution in [2.75, 3.05) is 38.1 Å². The van der Waals surface area contributed by atoms with E-state index >= 15 is 0 Å². The van der Waals surface area contributed by atoms with Crippen LogP contribution in [0.15, 0.2) is 47.3 Å². The minimum Gasteiger partial charge on any atom is -0.321 e. The van der Waals surface area contributed by atoms with Crippen LogP contribution in [0.1, 0.15) is 0 Å². The van der Waals surface area contributed by atoms with E-state index in [2.05, 4.69) is 42.8 Å². The van der Waals surface area contributed by atoms with Crippen LogP contribution < -0.4 is 15.4 Å². The highest BCUT2D eigenvalue weighted by Gasteiger charge is 2.24. The summed E-state index contributed by atoms with van der Waals surface area (Å²) in [5, 5.41) is 0. The standard InChI is InChI=1S/C20H20N6O/c1-25-9-11-26(12-10-25)16-8-7-15-18(23-16)24-19(21-15)17-13-5-3-2-4-6-14(13)22-20(17)27/h2-8H,9-12H2,1H3,(H,22,27)(H,21,23,24)/p+1. The zero-order valence-electron chi connectivity index (χ0n) is 15.1. The van der Waals surface area contributed by atoms with E-state index in [1.807, 2.05) is 36.4 Å². The first kappa shape index (κ1) is 16.0. The van der Waals surface area contributed by atoms with Gasteiger partial charge in [0, 0.05) is 30.4 Å². The second-order valence-electron chi connectivity index (χ2n) is 7.05. The highest BCUT2D eigenvalue weighted by atomic mass is 16.1. The molecule has 0 amide bonds. The molecule has 0 radical (unpaired) electrons. The molecule has 1 fully saturated rings. The number of hydrogen-bond acceptors (Lipinski definition) is 4. The third-order valence-corrected chi connectivity index (χ3v) is 5.25. The second-order valence-corrected chi connectivity index (χ2v) is 7.05. The van der Waals surface area contributed by atoms with Crippen LogP contribution in [-0.4, -0.2) is 53.1 Å². The third-order valence-electron chi connectivity index (χ3n) is 5.25. The van der Waals surface area contributed by atoms with Crippen LogP contribution >= 0.6 is 0 Å². The fourth-order valence-corrected chi connectivity index (χ4v) is 3.69. The molecule has 0 bridgehead atoms. The van der Waals surface area contributed by atoms with Gasteiger partial charge in [0.2, 0.25) is 11.6 Å². The molecule has 2 aromatic rings. The van der Waals surface area contributed by atoms with E-state index in [-0.39, 0.29) is 5.56 Å². The van der Waals surface area contributed by atoms with E-state index < -0.39 is 0 Å². The number of piperazine rings is 1. The summed E-state index contributed by atoms with van der Waals surface area (Å²) >= 11 is 0. The van der Waals surface area contributed by atoms with Crippen LogP contribution in [0.4, 0.5) is 5.82 Å². The predicted molar refractivity (Wildman–Crippen MR) is 105 cm³/mol. The minimum absolute atomic E-state index is 0.130. The monoisotopic (exact) mass is 361 g/mol. The topological polar surface area (TPSA) is 82.2 Å². The van der Waals surface area contributed by atoms with E-state index in [0.29, 0.717) is 11.4 Å². The number of H-pyrrole nitrogens is 3. The van der Waals surface area contributed by atoms with Gasteiger partial charge in [0.05, 0.1) is 13.1 Å². The Labute approximate surface area is 156 Å². The van der Waals surface area contributed by atoms with Gasteiger partial charge in [-0.3, -0.25) is 9.69 Å². The average molecular weight is 361 g/mol. The summed E-state index contributed by atoms with van der Waals surface area (Å²) in [6, 6.07) is 13.7. The number of pyridine rings is 1. The van der Waals surface area contributed by atoms with E-state index in [0.717, 1.165) is 54.4 Å². The molecule has 7 heteroatoms. The molecular formula is C20H21N6O+. The van der Waals surface area contributed by atoms with Gasteiger partial charge in [0.1, 0.15) is 11.1 Å².